The quantitative estimate of drug-likeness (QED) is 0.523. The Morgan fingerprint density at radius 3 is 2.34 bits per heavy atom. The van der Waals surface area contributed by atoms with Gasteiger partial charge in [-0.3, -0.25) is 14.9 Å². The molecule has 166 valence electrons. The fourth-order valence-corrected chi connectivity index (χ4v) is 3.19. The number of benzene rings is 2. The van der Waals surface area contributed by atoms with Gasteiger partial charge in [-0.1, -0.05) is 18.2 Å². The summed E-state index contributed by atoms with van der Waals surface area (Å²) in [5.74, 6) is -0.883. The van der Waals surface area contributed by atoms with E-state index in [0.717, 1.165) is 24.2 Å². The molecule has 1 aliphatic carbocycles. The van der Waals surface area contributed by atoms with Gasteiger partial charge in [0.15, 0.2) is 0 Å². The number of nitrogens with zero attached hydrogens (tertiary/aromatic N) is 3. The van der Waals surface area contributed by atoms with Gasteiger partial charge in [0.05, 0.1) is 5.69 Å². The fraction of sp³-hybridized carbons (Fsp3) is 0.227. The van der Waals surface area contributed by atoms with E-state index in [4.69, 9.17) is 0 Å². The molecule has 2 aromatic rings. The molecular weight excluding hydrogens is 423 g/mol. The maximum absolute atomic E-state index is 13.9. The van der Waals surface area contributed by atoms with Gasteiger partial charge in [-0.2, -0.15) is 5.01 Å². The van der Waals surface area contributed by atoms with Gasteiger partial charge in [0, 0.05) is 23.4 Å². The molecule has 1 heterocycles. The van der Waals surface area contributed by atoms with E-state index in [1.807, 2.05) is 0 Å². The normalized spacial score (nSPS) is 17.7. The number of halogens is 3. The molecule has 0 radical (unpaired) electrons. The van der Waals surface area contributed by atoms with Crippen LogP contribution < -0.4 is 15.6 Å². The van der Waals surface area contributed by atoms with Crippen molar-refractivity contribution in [2.75, 3.05) is 10.3 Å². The lowest BCUT2D eigenvalue weighted by Gasteiger charge is -2.41. The highest BCUT2D eigenvalue weighted by molar-refractivity contribution is 6.05. The van der Waals surface area contributed by atoms with Crippen molar-refractivity contribution in [3.8, 4) is 0 Å². The van der Waals surface area contributed by atoms with E-state index < -0.39 is 18.4 Å². The zero-order chi connectivity index (χ0) is 22.7. The topological polar surface area (TPSA) is 77.0 Å². The number of hydrazine groups is 1. The van der Waals surface area contributed by atoms with E-state index in [9.17, 15) is 22.8 Å². The molecule has 0 bridgehead atoms. The Morgan fingerprint density at radius 1 is 1.03 bits per heavy atom. The molecule has 0 spiro atoms. The Morgan fingerprint density at radius 2 is 1.72 bits per heavy atom. The van der Waals surface area contributed by atoms with Crippen molar-refractivity contribution in [2.45, 2.75) is 25.3 Å². The van der Waals surface area contributed by atoms with Crippen LogP contribution in [-0.4, -0.2) is 35.6 Å². The lowest BCUT2D eigenvalue weighted by Crippen LogP contribution is -2.57. The van der Waals surface area contributed by atoms with Gasteiger partial charge < -0.3 is 5.32 Å². The summed E-state index contributed by atoms with van der Waals surface area (Å²) in [4.78, 5) is 27.8. The van der Waals surface area contributed by atoms with E-state index in [-0.39, 0.29) is 28.1 Å². The Kier molecular flexibility index (Phi) is 5.85. The molecule has 1 saturated carbocycles. The number of carbonyl (C=O) groups excluding carboxylic acids is 2. The van der Waals surface area contributed by atoms with Gasteiger partial charge in [-0.05, 0) is 55.3 Å². The molecule has 10 heteroatoms. The van der Waals surface area contributed by atoms with Crippen molar-refractivity contribution < 1.29 is 22.8 Å². The predicted molar refractivity (Wildman–Crippen MR) is 113 cm³/mol. The van der Waals surface area contributed by atoms with E-state index in [2.05, 4.69) is 15.6 Å². The molecule has 1 atom stereocenters. The number of anilines is 2. The third-order valence-electron chi connectivity index (χ3n) is 4.94. The molecule has 2 aromatic carbocycles. The van der Waals surface area contributed by atoms with Gasteiger partial charge in [0.1, 0.15) is 12.5 Å². The number of alkyl halides is 3. The summed E-state index contributed by atoms with van der Waals surface area (Å²) >= 11 is 0. The van der Waals surface area contributed by atoms with E-state index in [0.29, 0.717) is 5.69 Å². The standard InChI is InChI=1S/C22H20F3N5O2/c23-22(24,25)30(18-4-2-1-3-5-18)29-14-26-13-12-19(29)27-17-10-8-16(9-11-17)21(32)28-20(31)15-6-7-15/h1-5,8-15,19,27H,6-7H2,(H,28,31,32). The van der Waals surface area contributed by atoms with Gasteiger partial charge in [-0.15, -0.1) is 13.2 Å². The summed E-state index contributed by atoms with van der Waals surface area (Å²) in [6.45, 7) is 0. The number of carbonyl (C=O) groups is 2. The van der Waals surface area contributed by atoms with Crippen molar-refractivity contribution in [3.63, 3.8) is 0 Å². The molecule has 2 aliphatic rings. The SMILES string of the molecule is O=C(NC(=O)C1CC1)c1ccc(NC2C=CN=CN2N(c2ccccc2)C(F)(F)F)cc1. The Hall–Kier alpha value is -3.82. The van der Waals surface area contributed by atoms with Gasteiger partial charge >= 0.3 is 6.30 Å². The Bertz CT molecular complexity index is 1030. The molecule has 2 N–H and O–H groups in total. The van der Waals surface area contributed by atoms with Crippen molar-refractivity contribution in [1.82, 2.24) is 10.3 Å². The van der Waals surface area contributed by atoms with Crippen LogP contribution in [0.15, 0.2) is 71.9 Å². The molecule has 1 unspecified atom stereocenters. The molecule has 32 heavy (non-hydrogen) atoms. The Balaban J connectivity index is 1.49. The summed E-state index contributed by atoms with van der Waals surface area (Å²) in [5, 5.41) is 6.48. The van der Waals surface area contributed by atoms with Crippen LogP contribution in [0.1, 0.15) is 23.2 Å². The Labute approximate surface area is 182 Å². The number of hydrogen-bond acceptors (Lipinski definition) is 6. The number of hydrogen-bond donors (Lipinski definition) is 2. The van der Waals surface area contributed by atoms with Crippen molar-refractivity contribution in [2.24, 2.45) is 10.9 Å². The maximum atomic E-state index is 13.9. The number of rotatable bonds is 6. The number of nitrogens with one attached hydrogen (secondary N) is 2. The molecule has 0 aromatic heterocycles. The number of amides is 2. The third-order valence-corrected chi connectivity index (χ3v) is 4.94. The first kappa shape index (κ1) is 21.4. The second kappa shape index (κ2) is 8.74. The summed E-state index contributed by atoms with van der Waals surface area (Å²) in [6, 6.07) is 13.5. The van der Waals surface area contributed by atoms with E-state index >= 15 is 0 Å². The number of aliphatic imine (C=N–C) groups is 1. The fourth-order valence-electron chi connectivity index (χ4n) is 3.19. The van der Waals surface area contributed by atoms with Crippen LogP contribution >= 0.6 is 0 Å². The summed E-state index contributed by atoms with van der Waals surface area (Å²) in [5.41, 5.74) is 0.699. The van der Waals surface area contributed by atoms with Crippen molar-refractivity contribution in [3.05, 3.63) is 72.4 Å². The van der Waals surface area contributed by atoms with Crippen LogP contribution in [0.3, 0.4) is 0 Å². The van der Waals surface area contributed by atoms with Crippen LogP contribution in [0.4, 0.5) is 24.5 Å². The predicted octanol–water partition coefficient (Wildman–Crippen LogP) is 3.89. The van der Waals surface area contributed by atoms with Crippen LogP contribution in [0, 0.1) is 5.92 Å². The van der Waals surface area contributed by atoms with Crippen molar-refractivity contribution >= 4 is 29.5 Å². The first-order valence-electron chi connectivity index (χ1n) is 9.95. The van der Waals surface area contributed by atoms with Crippen LogP contribution in [-0.2, 0) is 4.79 Å². The van der Waals surface area contributed by atoms with Crippen LogP contribution in [0.25, 0.3) is 0 Å². The first-order chi connectivity index (χ1) is 15.3. The van der Waals surface area contributed by atoms with Gasteiger partial charge in [0.25, 0.3) is 5.91 Å². The lowest BCUT2D eigenvalue weighted by molar-refractivity contribution is -0.153. The zero-order valence-corrected chi connectivity index (χ0v) is 16.8. The number of para-hydroxylation sites is 1. The van der Waals surface area contributed by atoms with Crippen LogP contribution in [0.5, 0.6) is 0 Å². The van der Waals surface area contributed by atoms with Crippen molar-refractivity contribution in [1.29, 1.82) is 0 Å². The first-order valence-corrected chi connectivity index (χ1v) is 9.95. The molecule has 4 rings (SSSR count). The molecule has 2 amide bonds. The molecule has 1 fully saturated rings. The zero-order valence-electron chi connectivity index (χ0n) is 16.8. The average molecular weight is 443 g/mol. The maximum Gasteiger partial charge on any atom is 0.503 e. The highest BCUT2D eigenvalue weighted by Gasteiger charge is 2.43. The van der Waals surface area contributed by atoms with Gasteiger partial charge in [-0.25, -0.2) is 10.0 Å². The summed E-state index contributed by atoms with van der Waals surface area (Å²) in [6.07, 6.45) is -0.0537. The van der Waals surface area contributed by atoms with Crippen LogP contribution in [0.2, 0.25) is 0 Å². The smallest absolute Gasteiger partial charge is 0.360 e. The minimum atomic E-state index is -4.70. The molecule has 7 nitrogen and oxygen atoms in total. The second-order valence-corrected chi connectivity index (χ2v) is 7.36. The summed E-state index contributed by atoms with van der Waals surface area (Å²) in [7, 11) is 0. The molecule has 0 saturated heterocycles. The lowest BCUT2D eigenvalue weighted by atomic mass is 10.2. The second-order valence-electron chi connectivity index (χ2n) is 7.36. The monoisotopic (exact) mass is 443 g/mol. The largest absolute Gasteiger partial charge is 0.503 e. The van der Waals surface area contributed by atoms with E-state index in [1.165, 1.54) is 48.7 Å². The third kappa shape index (κ3) is 4.90. The number of imide groups is 1. The minimum Gasteiger partial charge on any atom is -0.360 e. The van der Waals surface area contributed by atoms with Gasteiger partial charge in [0.2, 0.25) is 5.91 Å². The average Bonchev–Trinajstić information content (AvgIpc) is 3.61. The highest BCUT2D eigenvalue weighted by Crippen LogP contribution is 2.32. The molecular formula is C22H20F3N5O2. The molecule has 1 aliphatic heterocycles. The van der Waals surface area contributed by atoms with E-state index in [1.54, 1.807) is 18.2 Å². The minimum absolute atomic E-state index is 0.0686. The summed E-state index contributed by atoms with van der Waals surface area (Å²) < 4.78 is 41.7. The highest BCUT2D eigenvalue weighted by atomic mass is 19.4.